The van der Waals surface area contributed by atoms with Gasteiger partial charge in [-0.3, -0.25) is 0 Å². The van der Waals surface area contributed by atoms with E-state index >= 15 is 0 Å². The molecule has 4 heteroatoms. The first-order valence-electron chi connectivity index (χ1n) is 5.66. The van der Waals surface area contributed by atoms with E-state index in [-0.39, 0.29) is 6.09 Å². The lowest BCUT2D eigenvalue weighted by molar-refractivity contribution is 0.0499. The molecule has 2 aliphatic heterocycles. The zero-order valence-corrected chi connectivity index (χ0v) is 9.67. The van der Waals surface area contributed by atoms with Crippen molar-refractivity contribution < 1.29 is 9.53 Å². The van der Waals surface area contributed by atoms with Gasteiger partial charge in [-0.2, -0.15) is 0 Å². The highest BCUT2D eigenvalue weighted by molar-refractivity contribution is 5.67. The van der Waals surface area contributed by atoms with Gasteiger partial charge < -0.3 is 15.4 Å². The molecule has 4 nitrogen and oxygen atoms in total. The summed E-state index contributed by atoms with van der Waals surface area (Å²) in [6.07, 6.45) is 0.981. The topological polar surface area (TPSA) is 50.4 Å². The van der Waals surface area contributed by atoms with Gasteiger partial charge in [-0.05, 0) is 45.6 Å². The van der Waals surface area contributed by atoms with Crippen LogP contribution in [0.25, 0.3) is 0 Å². The van der Waals surface area contributed by atoms with E-state index < -0.39 is 5.60 Å². The number of alkyl carbamates (subject to hydrolysis) is 1. The van der Waals surface area contributed by atoms with Crippen molar-refractivity contribution in [1.82, 2.24) is 10.6 Å². The van der Waals surface area contributed by atoms with Crippen molar-refractivity contribution in [2.45, 2.75) is 38.8 Å². The second-order valence-corrected chi connectivity index (χ2v) is 5.56. The van der Waals surface area contributed by atoms with Crippen LogP contribution in [-0.4, -0.2) is 30.8 Å². The molecule has 3 atom stereocenters. The highest BCUT2D eigenvalue weighted by Gasteiger charge is 2.46. The summed E-state index contributed by atoms with van der Waals surface area (Å²) < 4.78 is 5.18. The Balaban J connectivity index is 1.68. The van der Waals surface area contributed by atoms with Crippen molar-refractivity contribution >= 4 is 6.09 Å². The van der Waals surface area contributed by atoms with E-state index in [0.29, 0.717) is 12.0 Å². The lowest BCUT2D eigenvalue weighted by atomic mass is 9.74. The fraction of sp³-hybridized carbons (Fsp3) is 0.909. The summed E-state index contributed by atoms with van der Waals surface area (Å²) in [5.41, 5.74) is -0.402. The summed E-state index contributed by atoms with van der Waals surface area (Å²) in [5, 5.41) is 6.26. The molecule has 2 bridgehead atoms. The number of rotatable bonds is 2. The molecule has 1 amide bonds. The maximum atomic E-state index is 11.4. The highest BCUT2D eigenvalue weighted by atomic mass is 16.6. The zero-order valence-electron chi connectivity index (χ0n) is 9.67. The molecule has 0 aromatic rings. The molecule has 0 radical (unpaired) electrons. The first-order valence-corrected chi connectivity index (χ1v) is 5.66. The molecule has 0 aromatic heterocycles. The molecule has 1 unspecified atom stereocenters. The van der Waals surface area contributed by atoms with E-state index in [0.717, 1.165) is 19.0 Å². The van der Waals surface area contributed by atoms with Gasteiger partial charge in [-0.25, -0.2) is 4.79 Å². The van der Waals surface area contributed by atoms with Crippen LogP contribution in [0.2, 0.25) is 0 Å². The Kier molecular flexibility index (Phi) is 2.63. The van der Waals surface area contributed by atoms with Gasteiger partial charge in [-0.15, -0.1) is 0 Å². The van der Waals surface area contributed by atoms with Crippen molar-refractivity contribution in [1.29, 1.82) is 0 Å². The molecule has 2 saturated heterocycles. The smallest absolute Gasteiger partial charge is 0.407 e. The third-order valence-electron chi connectivity index (χ3n) is 3.20. The average Bonchev–Trinajstić information content (AvgIpc) is 2.59. The summed E-state index contributed by atoms with van der Waals surface area (Å²) in [6.45, 7) is 7.49. The van der Waals surface area contributed by atoms with E-state index in [4.69, 9.17) is 4.74 Å². The Labute approximate surface area is 90.8 Å². The lowest BCUT2D eigenvalue weighted by Crippen LogP contribution is -2.45. The molecular weight excluding hydrogens is 192 g/mol. The van der Waals surface area contributed by atoms with Gasteiger partial charge in [0.1, 0.15) is 5.60 Å². The molecule has 3 aliphatic rings. The van der Waals surface area contributed by atoms with Crippen LogP contribution < -0.4 is 10.6 Å². The Morgan fingerprint density at radius 3 is 2.73 bits per heavy atom. The standard InChI is InChI=1S/C11H20N2O2/c1-11(2,3)15-10(14)13-6-8-7-4-9(8)12-5-7/h7-9,12H,4-6H2,1-3H3,(H,13,14)/t7-,8?,9-/m0/s1. The van der Waals surface area contributed by atoms with Gasteiger partial charge in [0, 0.05) is 12.6 Å². The number of carbonyl (C=O) groups excluding carboxylic acids is 1. The second kappa shape index (κ2) is 3.67. The van der Waals surface area contributed by atoms with Crippen molar-refractivity contribution in [3.63, 3.8) is 0 Å². The number of hydrogen-bond acceptors (Lipinski definition) is 3. The Bertz CT molecular complexity index is 246. The predicted octanol–water partition coefficient (Wildman–Crippen LogP) is 1.12. The molecular formula is C11H20N2O2. The van der Waals surface area contributed by atoms with Crippen LogP contribution in [0.1, 0.15) is 27.2 Å². The fourth-order valence-electron chi connectivity index (χ4n) is 2.40. The summed E-state index contributed by atoms with van der Waals surface area (Å²) in [5.74, 6) is 1.39. The van der Waals surface area contributed by atoms with Gasteiger partial charge in [0.15, 0.2) is 0 Å². The third-order valence-corrected chi connectivity index (χ3v) is 3.20. The minimum atomic E-state index is -0.402. The highest BCUT2D eigenvalue weighted by Crippen LogP contribution is 2.39. The molecule has 2 heterocycles. The second-order valence-electron chi connectivity index (χ2n) is 5.56. The summed E-state index contributed by atoms with van der Waals surface area (Å²) in [6, 6.07) is 0.630. The first-order chi connectivity index (χ1) is 6.96. The summed E-state index contributed by atoms with van der Waals surface area (Å²) in [4.78, 5) is 11.4. The largest absolute Gasteiger partial charge is 0.444 e. The monoisotopic (exact) mass is 212 g/mol. The normalized spacial score (nSPS) is 33.4. The molecule has 1 saturated carbocycles. The fourth-order valence-corrected chi connectivity index (χ4v) is 2.40. The molecule has 0 aromatic carbocycles. The van der Waals surface area contributed by atoms with Crippen LogP contribution in [0.15, 0.2) is 0 Å². The van der Waals surface area contributed by atoms with E-state index in [1.165, 1.54) is 6.42 Å². The molecule has 86 valence electrons. The number of nitrogens with one attached hydrogen (secondary N) is 2. The van der Waals surface area contributed by atoms with Crippen molar-refractivity contribution in [2.75, 3.05) is 13.1 Å². The van der Waals surface area contributed by atoms with Crippen LogP contribution in [-0.2, 0) is 4.74 Å². The summed E-state index contributed by atoms with van der Waals surface area (Å²) >= 11 is 0. The molecule has 15 heavy (non-hydrogen) atoms. The predicted molar refractivity (Wildman–Crippen MR) is 57.6 cm³/mol. The van der Waals surface area contributed by atoms with Gasteiger partial charge in [0.2, 0.25) is 0 Å². The van der Waals surface area contributed by atoms with Gasteiger partial charge in [-0.1, -0.05) is 0 Å². The molecule has 3 rings (SSSR count). The molecule has 0 spiro atoms. The minimum Gasteiger partial charge on any atom is -0.444 e. The van der Waals surface area contributed by atoms with Gasteiger partial charge in [0.25, 0.3) is 0 Å². The quantitative estimate of drug-likeness (QED) is 0.721. The maximum absolute atomic E-state index is 11.4. The van der Waals surface area contributed by atoms with Crippen LogP contribution in [0, 0.1) is 11.8 Å². The van der Waals surface area contributed by atoms with Crippen LogP contribution in [0.4, 0.5) is 4.79 Å². The minimum absolute atomic E-state index is 0.297. The average molecular weight is 212 g/mol. The van der Waals surface area contributed by atoms with Crippen molar-refractivity contribution in [3.05, 3.63) is 0 Å². The SMILES string of the molecule is CC(C)(C)OC(=O)NCC1[C@@H]2CN[C@H]1C2. The molecule has 1 aliphatic carbocycles. The zero-order chi connectivity index (χ0) is 11.1. The number of fused-ring (bicyclic) bond motifs is 1. The van der Waals surface area contributed by atoms with Crippen molar-refractivity contribution in [2.24, 2.45) is 11.8 Å². The first kappa shape index (κ1) is 10.7. The Hall–Kier alpha value is -0.770. The Morgan fingerprint density at radius 2 is 2.27 bits per heavy atom. The van der Waals surface area contributed by atoms with E-state index in [9.17, 15) is 4.79 Å². The number of hydrogen-bond donors (Lipinski definition) is 2. The van der Waals surface area contributed by atoms with Crippen LogP contribution in [0.3, 0.4) is 0 Å². The number of amides is 1. The van der Waals surface area contributed by atoms with E-state index in [1.54, 1.807) is 0 Å². The molecule has 3 fully saturated rings. The summed E-state index contributed by atoms with van der Waals surface area (Å²) in [7, 11) is 0. The van der Waals surface area contributed by atoms with Crippen molar-refractivity contribution in [3.8, 4) is 0 Å². The van der Waals surface area contributed by atoms with Crippen LogP contribution >= 0.6 is 0 Å². The lowest BCUT2D eigenvalue weighted by Gasteiger charge is -2.34. The van der Waals surface area contributed by atoms with E-state index in [1.807, 2.05) is 20.8 Å². The van der Waals surface area contributed by atoms with E-state index in [2.05, 4.69) is 10.6 Å². The van der Waals surface area contributed by atoms with Gasteiger partial charge in [0.05, 0.1) is 0 Å². The number of ether oxygens (including phenoxy) is 1. The maximum Gasteiger partial charge on any atom is 0.407 e. The third kappa shape index (κ3) is 2.43. The Morgan fingerprint density at radius 1 is 1.53 bits per heavy atom. The van der Waals surface area contributed by atoms with Crippen LogP contribution in [0.5, 0.6) is 0 Å². The number of carbonyl (C=O) groups is 1. The molecule has 2 N–H and O–H groups in total. The van der Waals surface area contributed by atoms with Gasteiger partial charge >= 0.3 is 6.09 Å².